The van der Waals surface area contributed by atoms with E-state index in [9.17, 15) is 0 Å². The highest BCUT2D eigenvalue weighted by atomic mass is 28.4. The van der Waals surface area contributed by atoms with E-state index in [0.29, 0.717) is 31.8 Å². The topological polar surface area (TPSA) is 36.9 Å². The number of hydrogen-bond acceptors (Lipinski definition) is 4. The Labute approximate surface area is 287 Å². The van der Waals surface area contributed by atoms with Crippen LogP contribution in [0.5, 0.6) is 0 Å². The smallest absolute Gasteiger partial charge is 0.363 e. The first kappa shape index (κ1) is 39.6. The second-order valence-electron chi connectivity index (χ2n) is 16.2. The van der Waals surface area contributed by atoms with Gasteiger partial charge in [0.05, 0.1) is 18.5 Å². The Hall–Kier alpha value is -0.861. The summed E-state index contributed by atoms with van der Waals surface area (Å²) in [6.07, 6.45) is 16.1. The zero-order valence-corrected chi connectivity index (χ0v) is 33.3. The van der Waals surface area contributed by atoms with Crippen LogP contribution < -0.4 is 0 Å². The Morgan fingerprint density at radius 2 is 1.37 bits per heavy atom. The van der Waals surface area contributed by atoms with E-state index in [1.165, 1.54) is 69.8 Å². The lowest BCUT2D eigenvalue weighted by molar-refractivity contribution is 0.0488. The van der Waals surface area contributed by atoms with E-state index in [4.69, 9.17) is 18.2 Å². The second-order valence-corrected chi connectivity index (χ2v) is 25.6. The quantitative estimate of drug-likeness (QED) is 0.0786. The molecule has 0 N–H and O–H groups in total. The molecule has 0 spiro atoms. The molecule has 46 heavy (non-hydrogen) atoms. The van der Waals surface area contributed by atoms with Crippen LogP contribution in [0.3, 0.4) is 0 Å². The zero-order valence-electron chi connectivity index (χ0n) is 31.3. The normalized spacial score (nSPS) is 18.7. The van der Waals surface area contributed by atoms with Crippen molar-refractivity contribution in [1.29, 1.82) is 0 Å². The van der Waals surface area contributed by atoms with E-state index in [2.05, 4.69) is 91.5 Å². The van der Waals surface area contributed by atoms with Gasteiger partial charge in [-0.05, 0) is 66.3 Å². The molecule has 2 atom stereocenters. The first-order valence-electron chi connectivity index (χ1n) is 19.2. The summed E-state index contributed by atoms with van der Waals surface area (Å²) in [5.41, 5.74) is 1.22. The molecule has 2 saturated carbocycles. The van der Waals surface area contributed by atoms with Gasteiger partial charge in [-0.3, -0.25) is 0 Å². The Bertz CT molecular complexity index is 955. The van der Waals surface area contributed by atoms with Gasteiger partial charge in [0, 0.05) is 19.1 Å². The van der Waals surface area contributed by atoms with Crippen LogP contribution in [-0.2, 0) is 24.9 Å². The highest BCUT2D eigenvalue weighted by molar-refractivity contribution is 6.74. The third-order valence-corrected chi connectivity index (χ3v) is 21.1. The summed E-state index contributed by atoms with van der Waals surface area (Å²) in [6.45, 7) is 25.1. The minimum atomic E-state index is -2.04. The van der Waals surface area contributed by atoms with Gasteiger partial charge in [0.25, 0.3) is 0 Å². The highest BCUT2D eigenvalue weighted by Crippen LogP contribution is 2.43. The largest absolute Gasteiger partial charge is 0.563 e. The van der Waals surface area contributed by atoms with E-state index in [0.717, 1.165) is 43.2 Å². The standard InChI is InChI=1S/C39H71BO4Si2/c1-10-46(11-2,12-3)44-37(28-29-41-32-34-22-16-13-17-23-34)31-38(43-45(8,9)39(5,6)7)30-33(4)42-40(35-24-18-14-19-25-35)36-26-20-15-21-27-36/h13,16-17,22-23,35-38H,4,10-12,14-15,18-21,24-32H2,1-3,5-9H3/t37-,38+/m0/s1. The molecule has 0 heterocycles. The predicted molar refractivity (Wildman–Crippen MR) is 204 cm³/mol. The average molecular weight is 671 g/mol. The van der Waals surface area contributed by atoms with Crippen molar-refractivity contribution in [2.45, 2.75) is 192 Å². The molecule has 0 aliphatic heterocycles. The van der Waals surface area contributed by atoms with Crippen molar-refractivity contribution in [3.8, 4) is 0 Å². The van der Waals surface area contributed by atoms with Crippen molar-refractivity contribution in [2.24, 2.45) is 0 Å². The van der Waals surface area contributed by atoms with Gasteiger partial charge in [0.2, 0.25) is 0 Å². The van der Waals surface area contributed by atoms with Gasteiger partial charge >= 0.3 is 6.92 Å². The van der Waals surface area contributed by atoms with Crippen molar-refractivity contribution in [3.63, 3.8) is 0 Å². The zero-order chi connectivity index (χ0) is 33.6. The van der Waals surface area contributed by atoms with Crippen LogP contribution in [0.15, 0.2) is 42.7 Å². The molecule has 0 unspecified atom stereocenters. The van der Waals surface area contributed by atoms with Gasteiger partial charge in [0.1, 0.15) is 0 Å². The fourth-order valence-electron chi connectivity index (χ4n) is 7.61. The third-order valence-electron chi connectivity index (χ3n) is 11.8. The maximum atomic E-state index is 7.26. The molecule has 262 valence electrons. The molecule has 0 radical (unpaired) electrons. The molecule has 0 saturated heterocycles. The van der Waals surface area contributed by atoms with Gasteiger partial charge < -0.3 is 18.2 Å². The first-order chi connectivity index (χ1) is 21.9. The SMILES string of the molecule is C=C(C[C@H](C[C@H](CCOCc1ccccc1)O[Si](CC)(CC)CC)O[Si](C)(C)C(C)(C)C)OB(C1CCCCC1)C1CCCCC1. The lowest BCUT2D eigenvalue weighted by Gasteiger charge is -2.42. The molecule has 1 aromatic carbocycles. The van der Waals surface area contributed by atoms with Crippen molar-refractivity contribution in [2.75, 3.05) is 6.61 Å². The van der Waals surface area contributed by atoms with Gasteiger partial charge in [0.15, 0.2) is 16.6 Å². The molecule has 2 aliphatic rings. The number of rotatable bonds is 20. The highest BCUT2D eigenvalue weighted by Gasteiger charge is 2.42. The molecule has 1 aromatic rings. The molecule has 3 rings (SSSR count). The molecule has 2 fully saturated rings. The first-order valence-corrected chi connectivity index (χ1v) is 24.7. The van der Waals surface area contributed by atoms with E-state index in [1.54, 1.807) is 0 Å². The van der Waals surface area contributed by atoms with Crippen LogP contribution in [0.1, 0.15) is 131 Å². The molecule has 7 heteroatoms. The summed E-state index contributed by atoms with van der Waals surface area (Å²) in [7, 11) is -3.88. The predicted octanol–water partition coefficient (Wildman–Crippen LogP) is 12.3. The lowest BCUT2D eigenvalue weighted by atomic mass is 9.41. The molecule has 0 amide bonds. The lowest BCUT2D eigenvalue weighted by Crippen LogP contribution is -2.46. The van der Waals surface area contributed by atoms with Crippen LogP contribution in [0, 0.1) is 0 Å². The maximum absolute atomic E-state index is 7.26. The minimum Gasteiger partial charge on any atom is -0.563 e. The Morgan fingerprint density at radius 3 is 1.87 bits per heavy atom. The van der Waals surface area contributed by atoms with Crippen LogP contribution in [0.2, 0.25) is 47.9 Å². The number of ether oxygens (including phenoxy) is 1. The van der Waals surface area contributed by atoms with Crippen molar-refractivity contribution in [1.82, 2.24) is 0 Å². The van der Waals surface area contributed by atoms with E-state index >= 15 is 0 Å². The van der Waals surface area contributed by atoms with Crippen LogP contribution >= 0.6 is 0 Å². The van der Waals surface area contributed by atoms with Gasteiger partial charge in [-0.25, -0.2) is 0 Å². The van der Waals surface area contributed by atoms with Crippen LogP contribution in [0.25, 0.3) is 0 Å². The van der Waals surface area contributed by atoms with E-state index in [1.807, 2.05) is 0 Å². The molecule has 4 nitrogen and oxygen atoms in total. The van der Waals surface area contributed by atoms with Gasteiger partial charge in [-0.2, -0.15) is 0 Å². The van der Waals surface area contributed by atoms with Crippen LogP contribution in [0.4, 0.5) is 0 Å². The van der Waals surface area contributed by atoms with Gasteiger partial charge in [-0.1, -0.05) is 143 Å². The van der Waals surface area contributed by atoms with E-state index < -0.39 is 16.6 Å². The number of benzene rings is 1. The van der Waals surface area contributed by atoms with E-state index in [-0.39, 0.29) is 17.2 Å². The molecule has 0 bridgehead atoms. The molecule has 2 aliphatic carbocycles. The number of hydrogen-bond donors (Lipinski definition) is 0. The Balaban J connectivity index is 1.79. The Morgan fingerprint density at radius 1 is 0.826 bits per heavy atom. The minimum absolute atomic E-state index is 0.0307. The maximum Gasteiger partial charge on any atom is 0.363 e. The third kappa shape index (κ3) is 12.5. The summed E-state index contributed by atoms with van der Waals surface area (Å²) >= 11 is 0. The summed E-state index contributed by atoms with van der Waals surface area (Å²) in [4.78, 5) is 0. The van der Waals surface area contributed by atoms with Gasteiger partial charge in [-0.15, -0.1) is 0 Å². The average Bonchev–Trinajstić information content (AvgIpc) is 3.05. The molecular weight excluding hydrogens is 599 g/mol. The van der Waals surface area contributed by atoms with Crippen molar-refractivity contribution >= 4 is 23.6 Å². The summed E-state index contributed by atoms with van der Waals surface area (Å²) in [5, 5.41) is 0.129. The fourth-order valence-corrected chi connectivity index (χ4v) is 11.9. The summed E-state index contributed by atoms with van der Waals surface area (Å²) < 4.78 is 27.8. The fraction of sp³-hybridized carbons (Fsp3) is 0.795. The molecular formula is C39H71BO4Si2. The summed E-state index contributed by atoms with van der Waals surface area (Å²) in [6, 6.07) is 13.9. The van der Waals surface area contributed by atoms with Crippen LogP contribution in [-0.4, -0.2) is 42.4 Å². The molecule has 0 aromatic heterocycles. The van der Waals surface area contributed by atoms with Crippen molar-refractivity contribution in [3.05, 3.63) is 48.2 Å². The van der Waals surface area contributed by atoms with Crippen molar-refractivity contribution < 1.29 is 18.2 Å². The summed E-state index contributed by atoms with van der Waals surface area (Å²) in [5.74, 6) is 2.29. The monoisotopic (exact) mass is 670 g/mol. The Kier molecular flexibility index (Phi) is 16.7. The second kappa shape index (κ2) is 19.4.